The van der Waals surface area contributed by atoms with Crippen molar-refractivity contribution in [3.05, 3.63) is 41.9 Å². The predicted molar refractivity (Wildman–Crippen MR) is 98.2 cm³/mol. The van der Waals surface area contributed by atoms with Gasteiger partial charge in [0.15, 0.2) is 11.5 Å². The first-order valence-corrected chi connectivity index (χ1v) is 8.88. The zero-order valence-electron chi connectivity index (χ0n) is 14.7. The molecule has 3 aromatic rings. The molecule has 0 atom stereocenters. The minimum absolute atomic E-state index is 0.103. The lowest BCUT2D eigenvalue weighted by molar-refractivity contribution is -0.116. The van der Waals surface area contributed by atoms with Crippen LogP contribution in [0.1, 0.15) is 30.7 Å². The van der Waals surface area contributed by atoms with Crippen LogP contribution in [0.2, 0.25) is 0 Å². The van der Waals surface area contributed by atoms with Gasteiger partial charge >= 0.3 is 0 Å². The molecule has 1 fully saturated rings. The smallest absolute Gasteiger partial charge is 0.225 e. The Labute approximate surface area is 151 Å². The normalized spacial score (nSPS) is 14.1. The molecule has 1 aliphatic heterocycles. The van der Waals surface area contributed by atoms with Gasteiger partial charge in [0.1, 0.15) is 11.6 Å². The summed E-state index contributed by atoms with van der Waals surface area (Å²) in [5.41, 5.74) is 1.75. The number of anilines is 2. The highest BCUT2D eigenvalue weighted by molar-refractivity contribution is 5.89. The molecule has 4 heterocycles. The second kappa shape index (κ2) is 7.07. The van der Waals surface area contributed by atoms with Gasteiger partial charge in [-0.25, -0.2) is 4.98 Å². The molecule has 8 heteroatoms. The average Bonchev–Trinajstić information content (AvgIpc) is 3.31. The van der Waals surface area contributed by atoms with Gasteiger partial charge in [-0.2, -0.15) is 4.52 Å². The van der Waals surface area contributed by atoms with Gasteiger partial charge in [-0.1, -0.05) is 6.07 Å². The van der Waals surface area contributed by atoms with Crippen LogP contribution < -0.4 is 10.2 Å². The maximum Gasteiger partial charge on any atom is 0.225 e. The molecule has 0 unspecified atom stereocenters. The van der Waals surface area contributed by atoms with Crippen LogP contribution in [0.25, 0.3) is 5.65 Å². The summed E-state index contributed by atoms with van der Waals surface area (Å²) in [4.78, 5) is 18.6. The first kappa shape index (κ1) is 16.4. The number of pyridine rings is 1. The first-order chi connectivity index (χ1) is 12.7. The van der Waals surface area contributed by atoms with E-state index >= 15 is 0 Å². The highest BCUT2D eigenvalue weighted by Crippen LogP contribution is 2.18. The summed E-state index contributed by atoms with van der Waals surface area (Å²) in [6.45, 7) is 4.02. The summed E-state index contributed by atoms with van der Waals surface area (Å²) >= 11 is 0. The van der Waals surface area contributed by atoms with Crippen molar-refractivity contribution < 1.29 is 4.79 Å². The van der Waals surface area contributed by atoms with Gasteiger partial charge in [0.25, 0.3) is 0 Å². The highest BCUT2D eigenvalue weighted by Gasteiger charge is 2.16. The third-order valence-corrected chi connectivity index (χ3v) is 4.50. The average molecular weight is 351 g/mol. The topological polar surface area (TPSA) is 88.3 Å². The monoisotopic (exact) mass is 351 g/mol. The molecule has 0 aromatic carbocycles. The van der Waals surface area contributed by atoms with Crippen molar-refractivity contribution in [3.63, 3.8) is 0 Å². The zero-order chi connectivity index (χ0) is 17.9. The summed E-state index contributed by atoms with van der Waals surface area (Å²) in [7, 11) is 0. The fourth-order valence-corrected chi connectivity index (χ4v) is 3.07. The maximum absolute atomic E-state index is 12.2. The number of hydrogen-bond donors (Lipinski definition) is 1. The number of aromatic nitrogens is 5. The molecule has 1 saturated heterocycles. The SMILES string of the molecule is Cc1ccc(NC(=O)CCc2nnc3ccc(N4CCCC4)nn23)nc1. The molecule has 8 nitrogen and oxygen atoms in total. The third kappa shape index (κ3) is 3.49. The molecule has 0 spiro atoms. The fraction of sp³-hybridized carbons (Fsp3) is 0.389. The molecule has 0 saturated carbocycles. The molecule has 1 aliphatic rings. The van der Waals surface area contributed by atoms with Gasteiger partial charge in [0.2, 0.25) is 5.91 Å². The molecular formula is C18H21N7O. The van der Waals surface area contributed by atoms with Crippen LogP contribution in [0.5, 0.6) is 0 Å². The number of aryl methyl sites for hydroxylation is 2. The first-order valence-electron chi connectivity index (χ1n) is 8.88. The van der Waals surface area contributed by atoms with Crippen LogP contribution in [0.3, 0.4) is 0 Å². The van der Waals surface area contributed by atoms with E-state index in [9.17, 15) is 4.79 Å². The molecular weight excluding hydrogens is 330 g/mol. The molecule has 1 amide bonds. The van der Waals surface area contributed by atoms with Gasteiger partial charge in [0.05, 0.1) is 0 Å². The third-order valence-electron chi connectivity index (χ3n) is 4.50. The Morgan fingerprint density at radius 1 is 1.15 bits per heavy atom. The number of fused-ring (bicyclic) bond motifs is 1. The Kier molecular flexibility index (Phi) is 4.47. The van der Waals surface area contributed by atoms with Crippen molar-refractivity contribution in [1.82, 2.24) is 24.8 Å². The summed E-state index contributed by atoms with van der Waals surface area (Å²) in [5.74, 6) is 2.08. The Hall–Kier alpha value is -3.03. The molecule has 0 radical (unpaired) electrons. The largest absolute Gasteiger partial charge is 0.355 e. The van der Waals surface area contributed by atoms with Crippen LogP contribution in [0.4, 0.5) is 11.6 Å². The van der Waals surface area contributed by atoms with Crippen molar-refractivity contribution in [2.45, 2.75) is 32.6 Å². The number of rotatable bonds is 5. The number of nitrogens with zero attached hydrogens (tertiary/aromatic N) is 6. The lowest BCUT2D eigenvalue weighted by Gasteiger charge is -2.15. The van der Waals surface area contributed by atoms with Crippen LogP contribution in [-0.4, -0.2) is 43.8 Å². The van der Waals surface area contributed by atoms with Crippen molar-refractivity contribution in [1.29, 1.82) is 0 Å². The lowest BCUT2D eigenvalue weighted by atomic mass is 10.2. The molecule has 4 rings (SSSR count). The van der Waals surface area contributed by atoms with Gasteiger partial charge in [-0.15, -0.1) is 15.3 Å². The van der Waals surface area contributed by atoms with Crippen LogP contribution in [-0.2, 0) is 11.2 Å². The van der Waals surface area contributed by atoms with Crippen molar-refractivity contribution in [2.24, 2.45) is 0 Å². The quantitative estimate of drug-likeness (QED) is 0.756. The number of nitrogens with one attached hydrogen (secondary N) is 1. The Morgan fingerprint density at radius 2 is 2.00 bits per heavy atom. The standard InChI is InChI=1S/C18H21N7O/c1-13-4-5-14(19-12-13)20-18(26)9-8-16-22-21-15-6-7-17(23-25(15)16)24-10-2-3-11-24/h4-7,12H,2-3,8-11H2,1H3,(H,19,20,26). The Morgan fingerprint density at radius 3 is 2.77 bits per heavy atom. The number of carbonyl (C=O) groups excluding carboxylic acids is 1. The summed E-state index contributed by atoms with van der Waals surface area (Å²) in [5, 5.41) is 15.8. The summed E-state index contributed by atoms with van der Waals surface area (Å²) in [6.07, 6.45) is 4.89. The highest BCUT2D eigenvalue weighted by atomic mass is 16.1. The minimum atomic E-state index is -0.103. The van der Waals surface area contributed by atoms with E-state index in [2.05, 4.69) is 30.5 Å². The van der Waals surface area contributed by atoms with E-state index < -0.39 is 0 Å². The van der Waals surface area contributed by atoms with E-state index in [1.165, 1.54) is 12.8 Å². The summed E-state index contributed by atoms with van der Waals surface area (Å²) in [6, 6.07) is 7.62. The molecule has 1 N–H and O–H groups in total. The lowest BCUT2D eigenvalue weighted by Crippen LogP contribution is -2.20. The van der Waals surface area contributed by atoms with E-state index in [0.717, 1.165) is 24.5 Å². The van der Waals surface area contributed by atoms with E-state index in [-0.39, 0.29) is 5.91 Å². The second-order valence-corrected chi connectivity index (χ2v) is 6.54. The van der Waals surface area contributed by atoms with Gasteiger partial charge in [0, 0.05) is 32.1 Å². The van der Waals surface area contributed by atoms with Crippen LogP contribution in [0.15, 0.2) is 30.5 Å². The van der Waals surface area contributed by atoms with Gasteiger partial charge in [-0.3, -0.25) is 4.79 Å². The number of amides is 1. The zero-order valence-corrected chi connectivity index (χ0v) is 14.7. The molecule has 0 bridgehead atoms. The van der Waals surface area contributed by atoms with Crippen LogP contribution in [0, 0.1) is 6.92 Å². The van der Waals surface area contributed by atoms with Crippen molar-refractivity contribution in [3.8, 4) is 0 Å². The van der Waals surface area contributed by atoms with Crippen molar-refractivity contribution in [2.75, 3.05) is 23.3 Å². The molecule has 26 heavy (non-hydrogen) atoms. The van der Waals surface area contributed by atoms with Gasteiger partial charge in [-0.05, 0) is 43.5 Å². The molecule has 0 aliphatic carbocycles. The van der Waals surface area contributed by atoms with Crippen LogP contribution >= 0.6 is 0 Å². The number of hydrogen-bond acceptors (Lipinski definition) is 6. The number of carbonyl (C=O) groups is 1. The second-order valence-electron chi connectivity index (χ2n) is 6.54. The van der Waals surface area contributed by atoms with Gasteiger partial charge < -0.3 is 10.2 Å². The Bertz CT molecular complexity index is 913. The molecule has 134 valence electrons. The van der Waals surface area contributed by atoms with E-state index in [1.54, 1.807) is 16.8 Å². The Balaban J connectivity index is 1.43. The molecule has 3 aromatic heterocycles. The predicted octanol–water partition coefficient (Wildman–Crippen LogP) is 2.00. The summed E-state index contributed by atoms with van der Waals surface area (Å²) < 4.78 is 1.74. The minimum Gasteiger partial charge on any atom is -0.355 e. The fourth-order valence-electron chi connectivity index (χ4n) is 3.07. The maximum atomic E-state index is 12.2. The van der Waals surface area contributed by atoms with E-state index in [1.807, 2.05) is 25.1 Å². The van der Waals surface area contributed by atoms with Crippen molar-refractivity contribution >= 4 is 23.2 Å². The van der Waals surface area contributed by atoms with E-state index in [0.29, 0.717) is 30.1 Å². The van der Waals surface area contributed by atoms with E-state index in [4.69, 9.17) is 0 Å².